The highest BCUT2D eigenvalue weighted by Gasteiger charge is 2.08. The van der Waals surface area contributed by atoms with Crippen LogP contribution in [-0.4, -0.2) is 19.1 Å². The zero-order chi connectivity index (χ0) is 16.5. The summed E-state index contributed by atoms with van der Waals surface area (Å²) in [7, 11) is 0. The van der Waals surface area contributed by atoms with Crippen LogP contribution in [0.1, 0.15) is 19.8 Å². The van der Waals surface area contributed by atoms with E-state index in [1.165, 1.54) is 12.1 Å². The number of halogens is 1. The van der Waals surface area contributed by atoms with Gasteiger partial charge in [-0.2, -0.15) is 0 Å². The van der Waals surface area contributed by atoms with E-state index in [4.69, 9.17) is 4.74 Å². The number of benzene rings is 2. The van der Waals surface area contributed by atoms with Crippen molar-refractivity contribution in [2.24, 2.45) is 0 Å². The third kappa shape index (κ3) is 5.29. The van der Waals surface area contributed by atoms with Crippen molar-refractivity contribution >= 4 is 17.3 Å². The van der Waals surface area contributed by atoms with Gasteiger partial charge in [0.05, 0.1) is 24.5 Å². The van der Waals surface area contributed by atoms with Crippen molar-refractivity contribution in [3.63, 3.8) is 0 Å². The number of nitrogens with one attached hydrogen (secondary N) is 2. The Morgan fingerprint density at radius 2 is 1.78 bits per heavy atom. The number of unbranched alkanes of at least 4 members (excludes halogenated alkanes) is 1. The Kier molecular flexibility index (Phi) is 6.41. The van der Waals surface area contributed by atoms with E-state index < -0.39 is 5.82 Å². The quantitative estimate of drug-likeness (QED) is 0.722. The van der Waals surface area contributed by atoms with Gasteiger partial charge in [0.1, 0.15) is 11.6 Å². The highest BCUT2D eigenvalue weighted by Crippen LogP contribution is 2.23. The van der Waals surface area contributed by atoms with Crippen LogP contribution in [0.25, 0.3) is 0 Å². The highest BCUT2D eigenvalue weighted by atomic mass is 19.1. The lowest BCUT2D eigenvalue weighted by Gasteiger charge is -2.13. The monoisotopic (exact) mass is 316 g/mol. The van der Waals surface area contributed by atoms with Gasteiger partial charge in [0.25, 0.3) is 0 Å². The number of anilines is 2. The van der Waals surface area contributed by atoms with E-state index in [1.807, 2.05) is 24.3 Å². The molecule has 0 fully saturated rings. The fourth-order valence-corrected chi connectivity index (χ4v) is 2.00. The first-order chi connectivity index (χ1) is 11.2. The molecule has 0 saturated carbocycles. The molecule has 5 heteroatoms. The van der Waals surface area contributed by atoms with Crippen LogP contribution < -0.4 is 15.4 Å². The number of para-hydroxylation sites is 3. The van der Waals surface area contributed by atoms with Gasteiger partial charge in [0.2, 0.25) is 5.91 Å². The molecule has 2 aromatic rings. The van der Waals surface area contributed by atoms with Crippen molar-refractivity contribution in [3.8, 4) is 5.75 Å². The van der Waals surface area contributed by atoms with Gasteiger partial charge < -0.3 is 15.4 Å². The van der Waals surface area contributed by atoms with Crippen molar-refractivity contribution in [2.75, 3.05) is 23.8 Å². The molecule has 0 aliphatic rings. The summed E-state index contributed by atoms with van der Waals surface area (Å²) in [6.07, 6.45) is 2.03. The first-order valence-corrected chi connectivity index (χ1v) is 7.70. The normalized spacial score (nSPS) is 10.2. The number of rotatable bonds is 8. The second kappa shape index (κ2) is 8.78. The molecule has 4 nitrogen and oxygen atoms in total. The summed E-state index contributed by atoms with van der Waals surface area (Å²) >= 11 is 0. The molecule has 0 radical (unpaired) electrons. The standard InChI is InChI=1S/C18H21FN2O2/c1-2-3-12-23-17-11-7-6-10-16(17)20-13-18(22)21-15-9-5-4-8-14(15)19/h4-11,20H,2-3,12-13H2,1H3,(H,21,22). The van der Waals surface area contributed by atoms with E-state index in [-0.39, 0.29) is 18.1 Å². The highest BCUT2D eigenvalue weighted by molar-refractivity contribution is 5.94. The summed E-state index contributed by atoms with van der Waals surface area (Å²) in [5.41, 5.74) is 0.916. The molecule has 0 aliphatic carbocycles. The lowest BCUT2D eigenvalue weighted by atomic mass is 10.2. The Bertz CT molecular complexity index is 646. The molecule has 0 bridgehead atoms. The average molecular weight is 316 g/mol. The predicted octanol–water partition coefficient (Wildman–Crippen LogP) is 4.06. The van der Waals surface area contributed by atoms with Crippen LogP contribution in [0.2, 0.25) is 0 Å². The first kappa shape index (κ1) is 16.8. The van der Waals surface area contributed by atoms with Gasteiger partial charge in [-0.3, -0.25) is 4.79 Å². The third-order valence-corrected chi connectivity index (χ3v) is 3.23. The van der Waals surface area contributed by atoms with Crippen molar-refractivity contribution < 1.29 is 13.9 Å². The Morgan fingerprint density at radius 1 is 1.09 bits per heavy atom. The van der Waals surface area contributed by atoms with Gasteiger partial charge in [-0.1, -0.05) is 37.6 Å². The summed E-state index contributed by atoms with van der Waals surface area (Å²) in [6, 6.07) is 13.5. The van der Waals surface area contributed by atoms with E-state index >= 15 is 0 Å². The minimum absolute atomic E-state index is 0.0302. The number of hydrogen-bond acceptors (Lipinski definition) is 3. The van der Waals surface area contributed by atoms with Crippen LogP contribution in [0.4, 0.5) is 15.8 Å². The molecule has 23 heavy (non-hydrogen) atoms. The fourth-order valence-electron chi connectivity index (χ4n) is 2.00. The number of carbonyl (C=O) groups is 1. The summed E-state index contributed by atoms with van der Waals surface area (Å²) < 4.78 is 19.2. The van der Waals surface area contributed by atoms with E-state index in [1.54, 1.807) is 12.1 Å². The Balaban J connectivity index is 1.90. The molecule has 0 atom stereocenters. The summed E-state index contributed by atoms with van der Waals surface area (Å²) in [6.45, 7) is 2.76. The molecular formula is C18H21FN2O2. The maximum atomic E-state index is 13.5. The van der Waals surface area contributed by atoms with Crippen LogP contribution in [0, 0.1) is 5.82 Å². The van der Waals surface area contributed by atoms with Gasteiger partial charge in [-0.25, -0.2) is 4.39 Å². The van der Waals surface area contributed by atoms with Crippen LogP contribution in [0.5, 0.6) is 5.75 Å². The van der Waals surface area contributed by atoms with Gasteiger partial charge in [-0.05, 0) is 30.7 Å². The molecule has 2 N–H and O–H groups in total. The Hall–Kier alpha value is -2.56. The van der Waals surface area contributed by atoms with Crippen LogP contribution >= 0.6 is 0 Å². The maximum absolute atomic E-state index is 13.5. The van der Waals surface area contributed by atoms with E-state index in [2.05, 4.69) is 17.6 Å². The summed E-state index contributed by atoms with van der Waals surface area (Å²) in [4.78, 5) is 11.9. The zero-order valence-corrected chi connectivity index (χ0v) is 13.1. The molecule has 0 spiro atoms. The second-order valence-corrected chi connectivity index (χ2v) is 5.08. The Morgan fingerprint density at radius 3 is 2.52 bits per heavy atom. The molecule has 0 heterocycles. The fraction of sp³-hybridized carbons (Fsp3) is 0.278. The van der Waals surface area contributed by atoms with E-state index in [0.717, 1.165) is 18.5 Å². The van der Waals surface area contributed by atoms with Gasteiger partial charge in [-0.15, -0.1) is 0 Å². The van der Waals surface area contributed by atoms with Crippen molar-refractivity contribution in [1.82, 2.24) is 0 Å². The molecule has 122 valence electrons. The molecule has 0 unspecified atom stereocenters. The van der Waals surface area contributed by atoms with Gasteiger partial charge in [0, 0.05) is 0 Å². The topological polar surface area (TPSA) is 50.4 Å². The van der Waals surface area contributed by atoms with Gasteiger partial charge >= 0.3 is 0 Å². The molecular weight excluding hydrogens is 295 g/mol. The Labute approximate surface area is 135 Å². The number of ether oxygens (including phenoxy) is 1. The molecule has 2 rings (SSSR count). The number of amides is 1. The SMILES string of the molecule is CCCCOc1ccccc1NCC(=O)Nc1ccccc1F. The van der Waals surface area contributed by atoms with Crippen molar-refractivity contribution in [2.45, 2.75) is 19.8 Å². The largest absolute Gasteiger partial charge is 0.491 e. The summed E-state index contributed by atoms with van der Waals surface area (Å²) in [5, 5.41) is 5.56. The number of carbonyl (C=O) groups excluding carboxylic acids is 1. The predicted molar refractivity (Wildman–Crippen MR) is 90.4 cm³/mol. The molecule has 0 aromatic heterocycles. The zero-order valence-electron chi connectivity index (χ0n) is 13.1. The average Bonchev–Trinajstić information content (AvgIpc) is 2.56. The van der Waals surface area contributed by atoms with Crippen LogP contribution in [0.3, 0.4) is 0 Å². The first-order valence-electron chi connectivity index (χ1n) is 7.70. The van der Waals surface area contributed by atoms with Crippen LogP contribution in [0.15, 0.2) is 48.5 Å². The van der Waals surface area contributed by atoms with Crippen molar-refractivity contribution in [1.29, 1.82) is 0 Å². The third-order valence-electron chi connectivity index (χ3n) is 3.23. The van der Waals surface area contributed by atoms with E-state index in [9.17, 15) is 9.18 Å². The van der Waals surface area contributed by atoms with E-state index in [0.29, 0.717) is 12.4 Å². The van der Waals surface area contributed by atoms with Crippen molar-refractivity contribution in [3.05, 3.63) is 54.3 Å². The molecule has 0 saturated heterocycles. The maximum Gasteiger partial charge on any atom is 0.243 e. The minimum atomic E-state index is -0.454. The molecule has 1 amide bonds. The summed E-state index contributed by atoms with van der Waals surface area (Å²) in [5.74, 6) is -0.0674. The molecule has 2 aromatic carbocycles. The van der Waals surface area contributed by atoms with Gasteiger partial charge in [0.15, 0.2) is 0 Å². The lowest BCUT2D eigenvalue weighted by molar-refractivity contribution is -0.114. The second-order valence-electron chi connectivity index (χ2n) is 5.08. The minimum Gasteiger partial charge on any atom is -0.491 e. The molecule has 0 aliphatic heterocycles. The smallest absolute Gasteiger partial charge is 0.243 e. The van der Waals surface area contributed by atoms with Crippen LogP contribution in [-0.2, 0) is 4.79 Å². The number of hydrogen-bond donors (Lipinski definition) is 2. The lowest BCUT2D eigenvalue weighted by Crippen LogP contribution is -2.22.